The molecule has 1 aromatic carbocycles. The normalized spacial score (nSPS) is 10.7. The number of rotatable bonds is 3. The van der Waals surface area contributed by atoms with Crippen molar-refractivity contribution >= 4 is 0 Å². The molecule has 2 N–H and O–H groups in total. The predicted octanol–water partition coefficient (Wildman–Crippen LogP) is 1.21. The van der Waals surface area contributed by atoms with Crippen molar-refractivity contribution in [2.24, 2.45) is 5.73 Å². The van der Waals surface area contributed by atoms with Crippen molar-refractivity contribution in [3.63, 3.8) is 0 Å². The zero-order valence-electron chi connectivity index (χ0n) is 7.75. The van der Waals surface area contributed by atoms with Crippen LogP contribution in [0.1, 0.15) is 11.1 Å². The molecule has 0 saturated carbocycles. The Balaban J connectivity index is 2.82. The standard InChI is InChI=1S/C10H16N2/c1-12(2)8-10-6-4-3-5-9(10)7-11/h3-6H,7-8,11H2,1-2H3. The predicted molar refractivity (Wildman–Crippen MR) is 51.7 cm³/mol. The van der Waals surface area contributed by atoms with E-state index in [1.165, 1.54) is 11.1 Å². The van der Waals surface area contributed by atoms with Crippen molar-refractivity contribution in [3.05, 3.63) is 35.4 Å². The molecule has 0 atom stereocenters. The third-order valence-corrected chi connectivity index (χ3v) is 1.82. The minimum Gasteiger partial charge on any atom is -0.326 e. The van der Waals surface area contributed by atoms with E-state index in [1.54, 1.807) is 0 Å². The van der Waals surface area contributed by atoms with Crippen LogP contribution < -0.4 is 5.73 Å². The van der Waals surface area contributed by atoms with Crippen LogP contribution >= 0.6 is 0 Å². The maximum absolute atomic E-state index is 5.61. The molecule has 0 fully saturated rings. The first-order valence-corrected chi connectivity index (χ1v) is 4.15. The Morgan fingerprint density at radius 2 is 1.75 bits per heavy atom. The van der Waals surface area contributed by atoms with E-state index in [0.717, 1.165) is 6.54 Å². The molecular weight excluding hydrogens is 148 g/mol. The van der Waals surface area contributed by atoms with Gasteiger partial charge in [0.15, 0.2) is 0 Å². The van der Waals surface area contributed by atoms with Crippen molar-refractivity contribution in [1.82, 2.24) is 4.90 Å². The lowest BCUT2D eigenvalue weighted by atomic mass is 10.1. The fraction of sp³-hybridized carbons (Fsp3) is 0.400. The molecule has 2 heteroatoms. The molecule has 0 bridgehead atoms. The number of hydrogen-bond donors (Lipinski definition) is 1. The molecule has 0 amide bonds. The van der Waals surface area contributed by atoms with E-state index in [2.05, 4.69) is 37.2 Å². The molecule has 0 aliphatic heterocycles. The van der Waals surface area contributed by atoms with E-state index in [4.69, 9.17) is 5.73 Å². The Bertz CT molecular complexity index is 243. The average Bonchev–Trinajstić information content (AvgIpc) is 2.04. The third kappa shape index (κ3) is 2.32. The Morgan fingerprint density at radius 3 is 2.25 bits per heavy atom. The highest BCUT2D eigenvalue weighted by atomic mass is 15.0. The Kier molecular flexibility index (Phi) is 3.26. The lowest BCUT2D eigenvalue weighted by Gasteiger charge is -2.12. The lowest BCUT2D eigenvalue weighted by molar-refractivity contribution is 0.401. The van der Waals surface area contributed by atoms with Gasteiger partial charge in [-0.1, -0.05) is 24.3 Å². The Morgan fingerprint density at radius 1 is 1.17 bits per heavy atom. The molecule has 66 valence electrons. The summed E-state index contributed by atoms with van der Waals surface area (Å²) in [7, 11) is 4.13. The first kappa shape index (κ1) is 9.23. The summed E-state index contributed by atoms with van der Waals surface area (Å²) >= 11 is 0. The van der Waals surface area contributed by atoms with Crippen LogP contribution in [0.4, 0.5) is 0 Å². The van der Waals surface area contributed by atoms with Crippen LogP contribution in [0.2, 0.25) is 0 Å². The van der Waals surface area contributed by atoms with E-state index in [9.17, 15) is 0 Å². The van der Waals surface area contributed by atoms with Gasteiger partial charge in [-0.3, -0.25) is 0 Å². The third-order valence-electron chi connectivity index (χ3n) is 1.82. The summed E-state index contributed by atoms with van der Waals surface area (Å²) in [6.45, 7) is 1.59. The number of benzene rings is 1. The maximum Gasteiger partial charge on any atom is 0.0230 e. The molecule has 0 radical (unpaired) electrons. The zero-order valence-corrected chi connectivity index (χ0v) is 7.75. The van der Waals surface area contributed by atoms with E-state index in [0.29, 0.717) is 6.54 Å². The second kappa shape index (κ2) is 4.24. The van der Waals surface area contributed by atoms with Gasteiger partial charge in [0.1, 0.15) is 0 Å². The van der Waals surface area contributed by atoms with Gasteiger partial charge in [0.25, 0.3) is 0 Å². The molecule has 0 aliphatic carbocycles. The van der Waals surface area contributed by atoms with Crippen LogP contribution in [0.5, 0.6) is 0 Å². The van der Waals surface area contributed by atoms with Gasteiger partial charge in [-0.15, -0.1) is 0 Å². The molecule has 0 unspecified atom stereocenters. The molecule has 0 aromatic heterocycles. The van der Waals surface area contributed by atoms with Crippen LogP contribution in [0, 0.1) is 0 Å². The average molecular weight is 164 g/mol. The van der Waals surface area contributed by atoms with Crippen LogP contribution in [0.15, 0.2) is 24.3 Å². The topological polar surface area (TPSA) is 29.3 Å². The molecule has 12 heavy (non-hydrogen) atoms. The Hall–Kier alpha value is -0.860. The summed E-state index contributed by atoms with van der Waals surface area (Å²) in [5, 5.41) is 0. The summed E-state index contributed by atoms with van der Waals surface area (Å²) in [6.07, 6.45) is 0. The number of hydrogen-bond acceptors (Lipinski definition) is 2. The van der Waals surface area contributed by atoms with Gasteiger partial charge in [-0.05, 0) is 25.2 Å². The second-order valence-corrected chi connectivity index (χ2v) is 3.21. The molecule has 2 nitrogen and oxygen atoms in total. The summed E-state index contributed by atoms with van der Waals surface area (Å²) in [6, 6.07) is 8.29. The molecule has 0 heterocycles. The molecule has 0 spiro atoms. The quantitative estimate of drug-likeness (QED) is 0.727. The Labute approximate surface area is 74.0 Å². The highest BCUT2D eigenvalue weighted by Gasteiger charge is 1.99. The van der Waals surface area contributed by atoms with Gasteiger partial charge in [-0.25, -0.2) is 0 Å². The monoisotopic (exact) mass is 164 g/mol. The molecule has 1 rings (SSSR count). The molecule has 1 aromatic rings. The van der Waals surface area contributed by atoms with E-state index < -0.39 is 0 Å². The number of nitrogens with two attached hydrogens (primary N) is 1. The molecule has 0 saturated heterocycles. The van der Waals surface area contributed by atoms with Crippen LogP contribution in [-0.2, 0) is 13.1 Å². The summed E-state index contributed by atoms with van der Waals surface area (Å²) in [4.78, 5) is 2.15. The first-order valence-electron chi connectivity index (χ1n) is 4.15. The summed E-state index contributed by atoms with van der Waals surface area (Å²) in [5.74, 6) is 0. The van der Waals surface area contributed by atoms with E-state index >= 15 is 0 Å². The largest absolute Gasteiger partial charge is 0.326 e. The second-order valence-electron chi connectivity index (χ2n) is 3.21. The van der Waals surface area contributed by atoms with Gasteiger partial charge in [-0.2, -0.15) is 0 Å². The van der Waals surface area contributed by atoms with Gasteiger partial charge >= 0.3 is 0 Å². The summed E-state index contributed by atoms with van der Waals surface area (Å²) < 4.78 is 0. The smallest absolute Gasteiger partial charge is 0.0230 e. The van der Waals surface area contributed by atoms with Crippen LogP contribution in [0.25, 0.3) is 0 Å². The zero-order chi connectivity index (χ0) is 8.97. The van der Waals surface area contributed by atoms with Crippen molar-refractivity contribution in [2.75, 3.05) is 14.1 Å². The fourth-order valence-electron chi connectivity index (χ4n) is 1.25. The first-order chi connectivity index (χ1) is 5.74. The fourth-order valence-corrected chi connectivity index (χ4v) is 1.25. The van der Waals surface area contributed by atoms with E-state index in [-0.39, 0.29) is 0 Å². The van der Waals surface area contributed by atoms with Gasteiger partial charge < -0.3 is 10.6 Å². The maximum atomic E-state index is 5.61. The minimum atomic E-state index is 0.629. The van der Waals surface area contributed by atoms with Crippen molar-refractivity contribution in [1.29, 1.82) is 0 Å². The van der Waals surface area contributed by atoms with E-state index in [1.807, 2.05) is 6.07 Å². The van der Waals surface area contributed by atoms with Gasteiger partial charge in [0.05, 0.1) is 0 Å². The van der Waals surface area contributed by atoms with Crippen molar-refractivity contribution in [3.8, 4) is 0 Å². The van der Waals surface area contributed by atoms with Crippen molar-refractivity contribution < 1.29 is 0 Å². The molecule has 0 aliphatic rings. The van der Waals surface area contributed by atoms with Crippen LogP contribution in [0.3, 0.4) is 0 Å². The number of nitrogens with zero attached hydrogens (tertiary/aromatic N) is 1. The van der Waals surface area contributed by atoms with Gasteiger partial charge in [0, 0.05) is 13.1 Å². The SMILES string of the molecule is CN(C)Cc1ccccc1CN. The lowest BCUT2D eigenvalue weighted by Crippen LogP contribution is -2.13. The van der Waals surface area contributed by atoms with Gasteiger partial charge in [0.2, 0.25) is 0 Å². The van der Waals surface area contributed by atoms with Crippen LogP contribution in [-0.4, -0.2) is 19.0 Å². The highest BCUT2D eigenvalue weighted by Crippen LogP contribution is 2.08. The van der Waals surface area contributed by atoms with Crippen molar-refractivity contribution in [2.45, 2.75) is 13.1 Å². The molecular formula is C10H16N2. The minimum absolute atomic E-state index is 0.629. The highest BCUT2D eigenvalue weighted by molar-refractivity contribution is 5.26. The summed E-state index contributed by atoms with van der Waals surface area (Å²) in [5.41, 5.74) is 8.17.